The van der Waals surface area contributed by atoms with Gasteiger partial charge < -0.3 is 14.9 Å². The van der Waals surface area contributed by atoms with Gasteiger partial charge in [-0.1, -0.05) is 74.0 Å². The van der Waals surface area contributed by atoms with Crippen molar-refractivity contribution >= 4 is 17.8 Å². The minimum Gasteiger partial charge on any atom is -0.480 e. The second-order valence-corrected chi connectivity index (χ2v) is 8.65. The van der Waals surface area contributed by atoms with Gasteiger partial charge in [-0.25, -0.2) is 9.97 Å². The van der Waals surface area contributed by atoms with Gasteiger partial charge in [0, 0.05) is 26.3 Å². The van der Waals surface area contributed by atoms with E-state index >= 15 is 0 Å². The van der Waals surface area contributed by atoms with Gasteiger partial charge in [-0.3, -0.25) is 9.59 Å². The Morgan fingerprint density at radius 3 is 2.11 bits per heavy atom. The number of benzene rings is 2. The van der Waals surface area contributed by atoms with Crippen molar-refractivity contribution in [3.8, 4) is 0 Å². The van der Waals surface area contributed by atoms with Crippen molar-refractivity contribution < 1.29 is 14.7 Å². The zero-order valence-corrected chi connectivity index (χ0v) is 20.6. The zero-order valence-electron chi connectivity index (χ0n) is 20.6. The van der Waals surface area contributed by atoms with E-state index in [0.717, 1.165) is 31.4 Å². The molecule has 0 aliphatic heterocycles. The summed E-state index contributed by atoms with van der Waals surface area (Å²) in [4.78, 5) is 37.4. The fraction of sp³-hybridized carbons (Fsp3) is 0.357. The van der Waals surface area contributed by atoms with Crippen LogP contribution in [-0.2, 0) is 24.1 Å². The lowest BCUT2D eigenvalue weighted by Crippen LogP contribution is -2.37. The third-order valence-electron chi connectivity index (χ3n) is 5.84. The highest BCUT2D eigenvalue weighted by Crippen LogP contribution is 2.17. The first-order valence-corrected chi connectivity index (χ1v) is 12.1. The molecular formula is C28H34N4O3. The van der Waals surface area contributed by atoms with E-state index in [9.17, 15) is 14.7 Å². The Morgan fingerprint density at radius 1 is 0.886 bits per heavy atom. The van der Waals surface area contributed by atoms with Crippen molar-refractivity contribution in [3.05, 3.63) is 89.2 Å². The van der Waals surface area contributed by atoms with Gasteiger partial charge >= 0.3 is 5.97 Å². The molecule has 1 amide bonds. The number of aliphatic carboxylic acids is 1. The molecule has 1 heterocycles. The second-order valence-electron chi connectivity index (χ2n) is 8.65. The molecule has 35 heavy (non-hydrogen) atoms. The first-order valence-electron chi connectivity index (χ1n) is 12.1. The standard InChI is InChI=1S/C28H34N4O3/c1-3-11-25-24(20-29-28(30-25)31(2)19-17-23-14-8-5-9-15-23)27(35)32(21-26(33)34)18-10-16-22-12-6-4-7-13-22/h4-9,12-15,20H,3,10-11,16-19,21H2,1-2H3,(H,33,34). The minimum absolute atomic E-state index is 0.331. The number of carbonyl (C=O) groups is 2. The third-order valence-corrected chi connectivity index (χ3v) is 5.84. The van der Waals surface area contributed by atoms with E-state index in [4.69, 9.17) is 4.98 Å². The van der Waals surface area contributed by atoms with Gasteiger partial charge in [0.25, 0.3) is 5.91 Å². The number of aromatic nitrogens is 2. The van der Waals surface area contributed by atoms with Gasteiger partial charge in [-0.15, -0.1) is 0 Å². The van der Waals surface area contributed by atoms with Crippen LogP contribution in [0.2, 0.25) is 0 Å². The minimum atomic E-state index is -1.03. The van der Waals surface area contributed by atoms with E-state index in [0.29, 0.717) is 36.6 Å². The molecule has 1 aromatic heterocycles. The summed E-state index contributed by atoms with van der Waals surface area (Å²) in [6.07, 6.45) is 5.30. The van der Waals surface area contributed by atoms with E-state index in [1.54, 1.807) is 6.20 Å². The number of carboxylic acids is 1. The number of nitrogens with zero attached hydrogens (tertiary/aromatic N) is 4. The fourth-order valence-corrected chi connectivity index (χ4v) is 3.94. The number of aryl methyl sites for hydroxylation is 2. The molecule has 0 spiro atoms. The second kappa shape index (κ2) is 13.2. The fourth-order valence-electron chi connectivity index (χ4n) is 3.94. The van der Waals surface area contributed by atoms with Crippen LogP contribution in [0.5, 0.6) is 0 Å². The van der Waals surface area contributed by atoms with Crippen LogP contribution >= 0.6 is 0 Å². The highest BCUT2D eigenvalue weighted by Gasteiger charge is 2.23. The third kappa shape index (κ3) is 7.91. The molecule has 7 heteroatoms. The SMILES string of the molecule is CCCc1nc(N(C)CCc2ccccc2)ncc1C(=O)N(CCCc1ccccc1)CC(=O)O. The Hall–Kier alpha value is -3.74. The number of hydrogen-bond acceptors (Lipinski definition) is 5. The van der Waals surface area contributed by atoms with Crippen LogP contribution < -0.4 is 4.90 Å². The summed E-state index contributed by atoms with van der Waals surface area (Å²) < 4.78 is 0. The van der Waals surface area contributed by atoms with E-state index < -0.39 is 5.97 Å². The monoisotopic (exact) mass is 474 g/mol. The quantitative estimate of drug-likeness (QED) is 0.398. The predicted molar refractivity (Wildman–Crippen MR) is 138 cm³/mol. The van der Waals surface area contributed by atoms with E-state index in [-0.39, 0.29) is 12.5 Å². The number of carboxylic acid groups (broad SMARTS) is 1. The first kappa shape index (κ1) is 25.9. The van der Waals surface area contributed by atoms with Crippen LogP contribution in [0.1, 0.15) is 46.9 Å². The molecule has 184 valence electrons. The van der Waals surface area contributed by atoms with Gasteiger partial charge in [-0.2, -0.15) is 0 Å². The summed E-state index contributed by atoms with van der Waals surface area (Å²) in [6, 6.07) is 20.2. The number of rotatable bonds is 13. The zero-order chi connectivity index (χ0) is 25.0. The summed E-state index contributed by atoms with van der Waals surface area (Å²) in [5, 5.41) is 9.41. The summed E-state index contributed by atoms with van der Waals surface area (Å²) >= 11 is 0. The molecule has 1 N–H and O–H groups in total. The molecule has 0 unspecified atom stereocenters. The molecular weight excluding hydrogens is 440 g/mol. The van der Waals surface area contributed by atoms with Crippen molar-refractivity contribution in [2.75, 3.05) is 31.6 Å². The van der Waals surface area contributed by atoms with Crippen molar-refractivity contribution in [2.24, 2.45) is 0 Å². The predicted octanol–water partition coefficient (Wildman–Crippen LogP) is 4.27. The summed E-state index contributed by atoms with van der Waals surface area (Å²) in [5.41, 5.74) is 3.44. The Labute approximate surface area is 207 Å². The molecule has 0 aliphatic rings. The molecule has 0 radical (unpaired) electrons. The van der Waals surface area contributed by atoms with E-state index in [1.807, 2.05) is 67.4 Å². The normalized spacial score (nSPS) is 10.7. The molecule has 0 bridgehead atoms. The average Bonchev–Trinajstić information content (AvgIpc) is 2.87. The van der Waals surface area contributed by atoms with Crippen LogP contribution in [0.25, 0.3) is 0 Å². The smallest absolute Gasteiger partial charge is 0.323 e. The Morgan fingerprint density at radius 2 is 1.51 bits per heavy atom. The highest BCUT2D eigenvalue weighted by molar-refractivity contribution is 5.96. The van der Waals surface area contributed by atoms with E-state index in [2.05, 4.69) is 17.1 Å². The maximum absolute atomic E-state index is 13.4. The molecule has 0 atom stereocenters. The summed E-state index contributed by atoms with van der Waals surface area (Å²) in [7, 11) is 1.94. The van der Waals surface area contributed by atoms with Crippen LogP contribution in [0.4, 0.5) is 5.95 Å². The van der Waals surface area contributed by atoms with Crippen molar-refractivity contribution in [1.29, 1.82) is 0 Å². The molecule has 2 aromatic carbocycles. The Kier molecular flexibility index (Phi) is 9.78. The number of anilines is 1. The van der Waals surface area contributed by atoms with Gasteiger partial charge in [0.2, 0.25) is 5.95 Å². The van der Waals surface area contributed by atoms with Crippen molar-refractivity contribution in [1.82, 2.24) is 14.9 Å². The lowest BCUT2D eigenvalue weighted by atomic mass is 10.1. The number of carbonyl (C=O) groups excluding carboxylic acids is 1. The van der Waals surface area contributed by atoms with Gasteiger partial charge in [0.05, 0.1) is 11.3 Å². The maximum atomic E-state index is 13.4. The maximum Gasteiger partial charge on any atom is 0.323 e. The molecule has 0 fully saturated rings. The lowest BCUT2D eigenvalue weighted by molar-refractivity contribution is -0.137. The Balaban J connectivity index is 1.72. The largest absolute Gasteiger partial charge is 0.480 e. The van der Waals surface area contributed by atoms with Gasteiger partial charge in [-0.05, 0) is 36.8 Å². The first-order chi connectivity index (χ1) is 17.0. The number of hydrogen-bond donors (Lipinski definition) is 1. The highest BCUT2D eigenvalue weighted by atomic mass is 16.4. The lowest BCUT2D eigenvalue weighted by Gasteiger charge is -2.23. The van der Waals surface area contributed by atoms with Crippen molar-refractivity contribution in [2.45, 2.75) is 39.0 Å². The Bertz CT molecular complexity index is 1090. The van der Waals surface area contributed by atoms with E-state index in [1.165, 1.54) is 10.5 Å². The van der Waals surface area contributed by atoms with Gasteiger partial charge in [0.15, 0.2) is 0 Å². The van der Waals surface area contributed by atoms with Gasteiger partial charge in [0.1, 0.15) is 6.54 Å². The molecule has 3 rings (SSSR count). The molecule has 0 saturated carbocycles. The molecule has 7 nitrogen and oxygen atoms in total. The number of amides is 1. The van der Waals surface area contributed by atoms with Crippen LogP contribution in [0, 0.1) is 0 Å². The molecule has 3 aromatic rings. The van der Waals surface area contributed by atoms with Crippen LogP contribution in [0.3, 0.4) is 0 Å². The number of likely N-dealkylation sites (N-methyl/N-ethyl adjacent to an activating group) is 1. The topological polar surface area (TPSA) is 86.6 Å². The summed E-state index contributed by atoms with van der Waals surface area (Å²) in [5.74, 6) is -0.800. The van der Waals surface area contributed by atoms with Crippen LogP contribution in [0.15, 0.2) is 66.9 Å². The van der Waals surface area contributed by atoms with Crippen molar-refractivity contribution in [3.63, 3.8) is 0 Å². The molecule has 0 saturated heterocycles. The molecule has 0 aliphatic carbocycles. The van der Waals surface area contributed by atoms with Crippen LogP contribution in [-0.4, -0.2) is 58.5 Å². The average molecular weight is 475 g/mol. The summed E-state index contributed by atoms with van der Waals surface area (Å²) in [6.45, 7) is 2.78.